The van der Waals surface area contributed by atoms with Crippen LogP contribution in [0.3, 0.4) is 0 Å². The molecule has 9 nitrogen and oxygen atoms in total. The smallest absolute Gasteiger partial charge is 0.496 e. The summed E-state index contributed by atoms with van der Waals surface area (Å²) in [5.74, 6) is 0.140. The van der Waals surface area contributed by atoms with Crippen LogP contribution in [-0.4, -0.2) is 62.1 Å². The number of carbonyl (C=O) groups is 3. The first-order chi connectivity index (χ1) is 11.5. The van der Waals surface area contributed by atoms with Gasteiger partial charge in [-0.05, 0) is 12.1 Å². The van der Waals surface area contributed by atoms with E-state index in [0.29, 0.717) is 17.1 Å². The van der Waals surface area contributed by atoms with Crippen molar-refractivity contribution < 1.29 is 38.4 Å². The van der Waals surface area contributed by atoms with Gasteiger partial charge in [0.05, 0.1) is 27.4 Å². The second kappa shape index (κ2) is 7.53. The summed E-state index contributed by atoms with van der Waals surface area (Å²) in [6.07, 6.45) is -1.87. The fourth-order valence-corrected chi connectivity index (χ4v) is 2.33. The summed E-state index contributed by atoms with van der Waals surface area (Å²) in [5.41, 5.74) is 0.757. The van der Waals surface area contributed by atoms with E-state index in [4.69, 9.17) is 19.3 Å². The first-order valence-corrected chi connectivity index (χ1v) is 7.07. The van der Waals surface area contributed by atoms with Crippen LogP contribution in [0.25, 0.3) is 0 Å². The highest BCUT2D eigenvalue weighted by molar-refractivity contribution is 6.04. The van der Waals surface area contributed by atoms with Gasteiger partial charge >= 0.3 is 12.2 Å². The Balaban J connectivity index is 2.29. The molecule has 0 aliphatic carbocycles. The average molecular weight is 339 g/mol. The maximum Gasteiger partial charge on any atom is 0.505 e. The number of hydrogen-bond donors (Lipinski definition) is 1. The van der Waals surface area contributed by atoms with Crippen LogP contribution < -0.4 is 9.47 Å². The minimum atomic E-state index is -1.38. The molecule has 1 aromatic rings. The molecule has 0 unspecified atom stereocenters. The zero-order chi connectivity index (χ0) is 17.7. The van der Waals surface area contributed by atoms with E-state index < -0.39 is 18.2 Å². The average Bonchev–Trinajstić information content (AvgIpc) is 2.99. The lowest BCUT2D eigenvalue weighted by Crippen LogP contribution is -2.31. The van der Waals surface area contributed by atoms with Crippen LogP contribution in [0.1, 0.15) is 15.9 Å². The van der Waals surface area contributed by atoms with Crippen LogP contribution in [0, 0.1) is 0 Å². The number of carboxylic acid groups (broad SMARTS) is 1. The molecule has 2 amide bonds. The van der Waals surface area contributed by atoms with E-state index in [0.717, 1.165) is 4.90 Å². The molecule has 130 valence electrons. The number of ether oxygens (including phenoxy) is 4. The molecule has 0 spiro atoms. The molecule has 1 N–H and O–H groups in total. The molecule has 0 radical (unpaired) electrons. The van der Waals surface area contributed by atoms with Gasteiger partial charge in [-0.3, -0.25) is 4.79 Å². The van der Waals surface area contributed by atoms with E-state index in [1.54, 1.807) is 0 Å². The molecule has 1 heterocycles. The Kier molecular flexibility index (Phi) is 5.46. The van der Waals surface area contributed by atoms with E-state index in [1.807, 2.05) is 0 Å². The van der Waals surface area contributed by atoms with Crippen molar-refractivity contribution in [1.82, 2.24) is 4.90 Å². The number of hydrogen-bond acceptors (Lipinski definition) is 7. The lowest BCUT2D eigenvalue weighted by molar-refractivity contribution is 0.0808. The Labute approximate surface area is 137 Å². The van der Waals surface area contributed by atoms with Gasteiger partial charge < -0.3 is 24.1 Å². The van der Waals surface area contributed by atoms with Crippen LogP contribution in [0.2, 0.25) is 0 Å². The van der Waals surface area contributed by atoms with Crippen molar-refractivity contribution in [1.29, 1.82) is 0 Å². The summed E-state index contributed by atoms with van der Waals surface area (Å²) in [4.78, 5) is 35.4. The number of amides is 2. The van der Waals surface area contributed by atoms with Crippen molar-refractivity contribution in [2.75, 3.05) is 34.0 Å². The van der Waals surface area contributed by atoms with Crippen LogP contribution in [-0.2, 0) is 15.9 Å². The summed E-state index contributed by atoms with van der Waals surface area (Å²) < 4.78 is 19.8. The number of nitrogens with zero attached hydrogens (tertiary/aromatic N) is 1. The Morgan fingerprint density at radius 3 is 2.33 bits per heavy atom. The molecule has 24 heavy (non-hydrogen) atoms. The summed E-state index contributed by atoms with van der Waals surface area (Å²) in [7, 11) is 2.82. The van der Waals surface area contributed by atoms with Gasteiger partial charge in [-0.25, -0.2) is 14.5 Å². The standard InChI is InChI=1S/C15H17NO8/c1-21-11-7-9(13(17)16-4-6-23-14(16)18)8-12(22-2)10(11)3-5-24-15(19)20/h7-8H,3-6H2,1-2H3,(H,19,20). The van der Waals surface area contributed by atoms with Crippen LogP contribution >= 0.6 is 0 Å². The van der Waals surface area contributed by atoms with E-state index in [-0.39, 0.29) is 31.7 Å². The van der Waals surface area contributed by atoms with Gasteiger partial charge in [0.2, 0.25) is 0 Å². The van der Waals surface area contributed by atoms with Crippen LogP contribution in [0.5, 0.6) is 11.5 Å². The van der Waals surface area contributed by atoms with E-state index in [1.165, 1.54) is 26.4 Å². The molecular formula is C15H17NO8. The minimum absolute atomic E-state index is 0.0895. The van der Waals surface area contributed by atoms with Crippen molar-refractivity contribution in [2.45, 2.75) is 6.42 Å². The van der Waals surface area contributed by atoms with Gasteiger partial charge in [0.1, 0.15) is 18.1 Å². The summed E-state index contributed by atoms with van der Waals surface area (Å²) in [6, 6.07) is 2.93. The molecule has 0 bridgehead atoms. The van der Waals surface area contributed by atoms with E-state index in [2.05, 4.69) is 4.74 Å². The van der Waals surface area contributed by atoms with Gasteiger partial charge in [-0.2, -0.15) is 0 Å². The van der Waals surface area contributed by atoms with Crippen molar-refractivity contribution in [2.24, 2.45) is 0 Å². The van der Waals surface area contributed by atoms with Crippen molar-refractivity contribution in [3.63, 3.8) is 0 Å². The molecule has 1 fully saturated rings. The number of imide groups is 1. The van der Waals surface area contributed by atoms with E-state index >= 15 is 0 Å². The number of carbonyl (C=O) groups excluding carboxylic acids is 2. The van der Waals surface area contributed by atoms with Crippen molar-refractivity contribution in [3.8, 4) is 11.5 Å². The number of rotatable bonds is 6. The zero-order valence-electron chi connectivity index (χ0n) is 13.2. The predicted octanol–water partition coefficient (Wildman–Crippen LogP) is 1.53. The lowest BCUT2D eigenvalue weighted by Gasteiger charge is -2.17. The summed E-state index contributed by atoms with van der Waals surface area (Å²) in [6.45, 7) is 0.244. The highest BCUT2D eigenvalue weighted by atomic mass is 16.7. The topological polar surface area (TPSA) is 112 Å². The fraction of sp³-hybridized carbons (Fsp3) is 0.400. The first-order valence-electron chi connectivity index (χ1n) is 7.07. The van der Waals surface area contributed by atoms with Crippen molar-refractivity contribution in [3.05, 3.63) is 23.3 Å². The highest BCUT2D eigenvalue weighted by Gasteiger charge is 2.30. The monoisotopic (exact) mass is 339 g/mol. The quantitative estimate of drug-likeness (QED) is 0.777. The third-order valence-electron chi connectivity index (χ3n) is 3.44. The SMILES string of the molecule is COc1cc(C(=O)N2CCOC2=O)cc(OC)c1CCOC(=O)O. The minimum Gasteiger partial charge on any atom is -0.496 e. The Bertz CT molecular complexity index is 632. The summed E-state index contributed by atoms with van der Waals surface area (Å²) in [5, 5.41) is 8.53. The molecule has 0 aromatic heterocycles. The molecule has 9 heteroatoms. The van der Waals surface area contributed by atoms with Crippen LogP contribution in [0.4, 0.5) is 9.59 Å². The number of cyclic esters (lactones) is 1. The molecule has 2 rings (SSSR count). The molecule has 0 atom stereocenters. The van der Waals surface area contributed by atoms with E-state index in [9.17, 15) is 14.4 Å². The summed E-state index contributed by atoms with van der Waals surface area (Å²) >= 11 is 0. The van der Waals surface area contributed by atoms with Gasteiger partial charge in [0.15, 0.2) is 0 Å². The van der Waals surface area contributed by atoms with Gasteiger partial charge in [0, 0.05) is 17.5 Å². The normalized spacial score (nSPS) is 13.4. The van der Waals surface area contributed by atoms with Gasteiger partial charge in [-0.15, -0.1) is 0 Å². The second-order valence-electron chi connectivity index (χ2n) is 4.79. The maximum atomic E-state index is 12.4. The third kappa shape index (κ3) is 3.67. The fourth-order valence-electron chi connectivity index (χ4n) is 2.33. The maximum absolute atomic E-state index is 12.4. The zero-order valence-corrected chi connectivity index (χ0v) is 13.2. The number of methoxy groups -OCH3 is 2. The largest absolute Gasteiger partial charge is 0.505 e. The Morgan fingerprint density at radius 2 is 1.88 bits per heavy atom. The predicted molar refractivity (Wildman–Crippen MR) is 79.6 cm³/mol. The van der Waals surface area contributed by atoms with Gasteiger partial charge in [0.25, 0.3) is 5.91 Å². The second-order valence-corrected chi connectivity index (χ2v) is 4.79. The molecular weight excluding hydrogens is 322 g/mol. The third-order valence-corrected chi connectivity index (χ3v) is 3.44. The van der Waals surface area contributed by atoms with Crippen LogP contribution in [0.15, 0.2) is 12.1 Å². The Morgan fingerprint density at radius 1 is 1.25 bits per heavy atom. The van der Waals surface area contributed by atoms with Gasteiger partial charge in [-0.1, -0.05) is 0 Å². The molecule has 1 aliphatic heterocycles. The lowest BCUT2D eigenvalue weighted by atomic mass is 10.0. The molecule has 1 saturated heterocycles. The molecule has 1 aromatic carbocycles. The highest BCUT2D eigenvalue weighted by Crippen LogP contribution is 2.32. The molecule has 1 aliphatic rings. The van der Waals surface area contributed by atoms with Crippen molar-refractivity contribution >= 4 is 18.2 Å². The Hall–Kier alpha value is -2.97. The first kappa shape index (κ1) is 17.4. The molecule has 0 saturated carbocycles. The number of benzene rings is 1.